The lowest BCUT2D eigenvalue weighted by atomic mass is 10.0. The van der Waals surface area contributed by atoms with Gasteiger partial charge < -0.3 is 19.9 Å². The Labute approximate surface area is 170 Å². The van der Waals surface area contributed by atoms with Crippen LogP contribution in [0.15, 0.2) is 37.1 Å². The molecule has 2 unspecified atom stereocenters. The van der Waals surface area contributed by atoms with Gasteiger partial charge in [0.1, 0.15) is 17.2 Å². The number of allylic oxidation sites excluding steroid dienone is 5. The minimum Gasteiger partial charge on any atom is -0.453 e. The smallest absolute Gasteiger partial charge is 0.407 e. The summed E-state index contributed by atoms with van der Waals surface area (Å²) < 4.78 is 4.67. The quantitative estimate of drug-likeness (QED) is 0.679. The first-order chi connectivity index (χ1) is 13.4. The van der Waals surface area contributed by atoms with E-state index in [9.17, 15) is 9.59 Å². The lowest BCUT2D eigenvalue weighted by Crippen LogP contribution is -2.51. The van der Waals surface area contributed by atoms with Crippen LogP contribution in [0.1, 0.15) is 37.7 Å². The van der Waals surface area contributed by atoms with Crippen molar-refractivity contribution in [1.82, 2.24) is 20.2 Å². The first kappa shape index (κ1) is 21.8. The molecule has 1 fully saturated rings. The van der Waals surface area contributed by atoms with Gasteiger partial charge in [-0.1, -0.05) is 44.7 Å². The Bertz CT molecular complexity index is 769. The number of nitrogens with zero attached hydrogens (tertiary/aromatic N) is 2. The third-order valence-electron chi connectivity index (χ3n) is 4.35. The molecule has 0 bridgehead atoms. The SMILES string of the molecule is C=CC=C(C=CC)c1cnc(C2SCCN2C(=O)C(NC(=O)OC)C(C)C)[nH]1. The third-order valence-corrected chi connectivity index (χ3v) is 5.56. The van der Waals surface area contributed by atoms with Crippen molar-refractivity contribution >= 4 is 29.3 Å². The molecule has 2 atom stereocenters. The molecule has 2 amide bonds. The van der Waals surface area contributed by atoms with Crippen molar-refractivity contribution in [2.24, 2.45) is 5.92 Å². The van der Waals surface area contributed by atoms with E-state index in [2.05, 4.69) is 26.6 Å². The summed E-state index contributed by atoms with van der Waals surface area (Å²) in [5.41, 5.74) is 1.82. The summed E-state index contributed by atoms with van der Waals surface area (Å²) in [5.74, 6) is 1.32. The molecule has 0 saturated carbocycles. The second-order valence-corrected chi connectivity index (χ2v) is 7.84. The number of amides is 2. The van der Waals surface area contributed by atoms with Gasteiger partial charge in [0.2, 0.25) is 5.91 Å². The molecule has 8 heteroatoms. The van der Waals surface area contributed by atoms with Gasteiger partial charge in [-0.3, -0.25) is 4.79 Å². The zero-order chi connectivity index (χ0) is 20.7. The predicted molar refractivity (Wildman–Crippen MR) is 113 cm³/mol. The van der Waals surface area contributed by atoms with E-state index in [4.69, 9.17) is 0 Å². The van der Waals surface area contributed by atoms with Crippen LogP contribution < -0.4 is 5.32 Å². The Balaban J connectivity index is 2.24. The van der Waals surface area contributed by atoms with Crippen LogP contribution in [0.4, 0.5) is 4.79 Å². The van der Waals surface area contributed by atoms with E-state index in [1.807, 2.05) is 39.0 Å². The molecule has 28 heavy (non-hydrogen) atoms. The van der Waals surface area contributed by atoms with Crippen LogP contribution in [0, 0.1) is 5.92 Å². The molecular formula is C20H28N4O3S. The Hall–Kier alpha value is -2.48. The number of aromatic amines is 1. The molecule has 7 nitrogen and oxygen atoms in total. The molecule has 1 aliphatic heterocycles. The lowest BCUT2D eigenvalue weighted by molar-refractivity contribution is -0.134. The fourth-order valence-electron chi connectivity index (χ4n) is 2.95. The lowest BCUT2D eigenvalue weighted by Gasteiger charge is -2.29. The van der Waals surface area contributed by atoms with Crippen molar-refractivity contribution in [3.05, 3.63) is 48.6 Å². The van der Waals surface area contributed by atoms with E-state index in [1.165, 1.54) is 7.11 Å². The molecule has 152 valence electrons. The fraction of sp³-hybridized carbons (Fsp3) is 0.450. The van der Waals surface area contributed by atoms with Gasteiger partial charge in [0.25, 0.3) is 0 Å². The van der Waals surface area contributed by atoms with Crippen LogP contribution in [0.25, 0.3) is 5.57 Å². The fourth-order valence-corrected chi connectivity index (χ4v) is 4.14. The molecule has 2 N–H and O–H groups in total. The van der Waals surface area contributed by atoms with E-state index in [-0.39, 0.29) is 17.2 Å². The summed E-state index contributed by atoms with van der Waals surface area (Å²) >= 11 is 1.65. The summed E-state index contributed by atoms with van der Waals surface area (Å²) in [5, 5.41) is 2.43. The monoisotopic (exact) mass is 404 g/mol. The maximum Gasteiger partial charge on any atom is 0.407 e. The molecule has 0 aromatic carbocycles. The van der Waals surface area contributed by atoms with Crippen LogP contribution in [-0.2, 0) is 9.53 Å². The van der Waals surface area contributed by atoms with Gasteiger partial charge in [-0.05, 0) is 18.4 Å². The van der Waals surface area contributed by atoms with Crippen molar-refractivity contribution in [1.29, 1.82) is 0 Å². The number of methoxy groups -OCH3 is 1. The van der Waals surface area contributed by atoms with Crippen molar-refractivity contribution in [2.75, 3.05) is 19.4 Å². The van der Waals surface area contributed by atoms with E-state index < -0.39 is 12.1 Å². The van der Waals surface area contributed by atoms with Gasteiger partial charge in [-0.25, -0.2) is 9.78 Å². The molecule has 1 aromatic rings. The molecule has 0 spiro atoms. The maximum atomic E-state index is 13.1. The number of carbonyl (C=O) groups excluding carboxylic acids is 2. The molecule has 2 rings (SSSR count). The number of rotatable bonds is 7. The molecule has 1 saturated heterocycles. The first-order valence-electron chi connectivity index (χ1n) is 9.20. The van der Waals surface area contributed by atoms with E-state index in [0.29, 0.717) is 12.4 Å². The molecule has 0 aliphatic carbocycles. The standard InChI is InChI=1S/C20H28N4O3S/c1-6-8-14(9-7-2)15-12-21-17(22-15)19-24(10-11-28-19)18(25)16(13(3)4)23-20(26)27-5/h6-9,12-13,16,19H,1,10-11H2,2-5H3,(H,21,22)(H,23,26). The zero-order valence-corrected chi connectivity index (χ0v) is 17.6. The molecule has 2 heterocycles. The van der Waals surface area contributed by atoms with Crippen molar-refractivity contribution in [2.45, 2.75) is 32.2 Å². The van der Waals surface area contributed by atoms with Gasteiger partial charge in [0.05, 0.1) is 19.0 Å². The number of hydrogen-bond donors (Lipinski definition) is 2. The number of carbonyl (C=O) groups is 2. The summed E-state index contributed by atoms with van der Waals surface area (Å²) in [6.45, 7) is 10.1. The highest BCUT2D eigenvalue weighted by atomic mass is 32.2. The van der Waals surface area contributed by atoms with Crippen LogP contribution in [-0.4, -0.2) is 52.3 Å². The minimum atomic E-state index is -0.651. The first-order valence-corrected chi connectivity index (χ1v) is 10.2. The number of H-pyrrole nitrogens is 1. The topological polar surface area (TPSA) is 87.3 Å². The van der Waals surface area contributed by atoms with Crippen molar-refractivity contribution < 1.29 is 14.3 Å². The highest BCUT2D eigenvalue weighted by molar-refractivity contribution is 7.99. The number of nitrogens with one attached hydrogen (secondary N) is 2. The highest BCUT2D eigenvalue weighted by Crippen LogP contribution is 2.37. The molecule has 1 aromatic heterocycles. The van der Waals surface area contributed by atoms with Crippen molar-refractivity contribution in [3.8, 4) is 0 Å². The summed E-state index contributed by atoms with van der Waals surface area (Å²) in [7, 11) is 1.29. The Morgan fingerprint density at radius 3 is 2.86 bits per heavy atom. The summed E-state index contributed by atoms with van der Waals surface area (Å²) in [4.78, 5) is 34.4. The van der Waals surface area contributed by atoms with Gasteiger partial charge >= 0.3 is 6.09 Å². The normalized spacial score (nSPS) is 18.5. The van der Waals surface area contributed by atoms with E-state index >= 15 is 0 Å². The summed E-state index contributed by atoms with van der Waals surface area (Å²) in [6, 6.07) is -0.651. The van der Waals surface area contributed by atoms with Gasteiger partial charge in [-0.2, -0.15) is 0 Å². The average Bonchev–Trinajstić information content (AvgIpc) is 3.33. The molecular weight excluding hydrogens is 376 g/mol. The third kappa shape index (κ3) is 5.07. The highest BCUT2D eigenvalue weighted by Gasteiger charge is 2.38. The van der Waals surface area contributed by atoms with E-state index in [0.717, 1.165) is 17.0 Å². The summed E-state index contributed by atoms with van der Waals surface area (Å²) in [6.07, 6.45) is 8.69. The second-order valence-electron chi connectivity index (χ2n) is 6.65. The maximum absolute atomic E-state index is 13.1. The van der Waals surface area contributed by atoms with Gasteiger partial charge in [0.15, 0.2) is 0 Å². The predicted octanol–water partition coefficient (Wildman–Crippen LogP) is 3.51. The van der Waals surface area contributed by atoms with Crippen LogP contribution in [0.3, 0.4) is 0 Å². The van der Waals surface area contributed by atoms with E-state index in [1.54, 1.807) is 28.9 Å². The number of thioether (sulfide) groups is 1. The Morgan fingerprint density at radius 2 is 2.25 bits per heavy atom. The Kier molecular flexibility index (Phi) is 7.92. The van der Waals surface area contributed by atoms with Crippen molar-refractivity contribution in [3.63, 3.8) is 0 Å². The molecule has 1 aliphatic rings. The molecule has 0 radical (unpaired) electrons. The van der Waals surface area contributed by atoms with Gasteiger partial charge in [0, 0.05) is 12.3 Å². The number of aromatic nitrogens is 2. The number of hydrogen-bond acceptors (Lipinski definition) is 5. The largest absolute Gasteiger partial charge is 0.453 e. The number of imidazole rings is 1. The van der Waals surface area contributed by atoms with Crippen LogP contribution in [0.5, 0.6) is 0 Å². The average molecular weight is 405 g/mol. The van der Waals surface area contributed by atoms with Crippen LogP contribution in [0.2, 0.25) is 0 Å². The number of ether oxygens (including phenoxy) is 1. The number of alkyl carbamates (subject to hydrolysis) is 1. The second kappa shape index (κ2) is 10.2. The van der Waals surface area contributed by atoms with Gasteiger partial charge in [-0.15, -0.1) is 11.8 Å². The zero-order valence-electron chi connectivity index (χ0n) is 16.8. The Morgan fingerprint density at radius 1 is 1.50 bits per heavy atom. The van der Waals surface area contributed by atoms with Crippen LogP contribution >= 0.6 is 11.8 Å². The minimum absolute atomic E-state index is 0.0677.